The summed E-state index contributed by atoms with van der Waals surface area (Å²) in [6.07, 6.45) is -2.54. The third-order valence-electron chi connectivity index (χ3n) is 5.13. The summed E-state index contributed by atoms with van der Waals surface area (Å²) >= 11 is 5.70. The van der Waals surface area contributed by atoms with Crippen LogP contribution in [0.4, 0.5) is 13.2 Å². The Morgan fingerprint density at radius 1 is 1.09 bits per heavy atom. The number of hydrogen-bond acceptors (Lipinski definition) is 4. The molecule has 0 aliphatic carbocycles. The van der Waals surface area contributed by atoms with Gasteiger partial charge < -0.3 is 20.3 Å². The molecule has 0 heterocycles. The molecule has 1 amide bonds. The Hall–Kier alpha value is -2.78. The number of carboxylic acid groups (broad SMARTS) is 1. The fourth-order valence-electron chi connectivity index (χ4n) is 3.24. The highest BCUT2D eigenvalue weighted by Crippen LogP contribution is 2.38. The van der Waals surface area contributed by atoms with Crippen molar-refractivity contribution in [3.63, 3.8) is 0 Å². The van der Waals surface area contributed by atoms with Gasteiger partial charge in [-0.2, -0.15) is 13.2 Å². The Labute approximate surface area is 200 Å². The number of hydrogen-bond donors (Lipinski definition) is 3. The summed E-state index contributed by atoms with van der Waals surface area (Å²) in [6, 6.07) is 9.67. The smallest absolute Gasteiger partial charge is 0.417 e. The minimum absolute atomic E-state index is 0.0293. The van der Waals surface area contributed by atoms with Crippen LogP contribution in [0.15, 0.2) is 42.5 Å². The fourth-order valence-corrected chi connectivity index (χ4v) is 3.46. The molecule has 0 aliphatic rings. The van der Waals surface area contributed by atoms with Crippen LogP contribution in [0.3, 0.4) is 0 Å². The molecule has 3 N–H and O–H groups in total. The lowest BCUT2D eigenvalue weighted by Gasteiger charge is -2.21. The van der Waals surface area contributed by atoms with Gasteiger partial charge in [0.25, 0.3) is 5.91 Å². The number of carboxylic acids is 1. The number of aliphatic hydroxyl groups is 1. The van der Waals surface area contributed by atoms with E-state index < -0.39 is 47.4 Å². The van der Waals surface area contributed by atoms with Gasteiger partial charge in [-0.3, -0.25) is 4.79 Å². The molecule has 0 spiro atoms. The maximum absolute atomic E-state index is 13.2. The van der Waals surface area contributed by atoms with Crippen LogP contribution in [0.2, 0.25) is 5.02 Å². The average Bonchev–Trinajstić information content (AvgIpc) is 2.79. The molecule has 0 saturated carbocycles. The van der Waals surface area contributed by atoms with E-state index in [0.717, 1.165) is 37.8 Å². The highest BCUT2D eigenvalue weighted by atomic mass is 35.5. The average molecular weight is 502 g/mol. The maximum Gasteiger partial charge on any atom is 0.417 e. The summed E-state index contributed by atoms with van der Waals surface area (Å²) in [5.41, 5.74) is -0.0778. The zero-order chi connectivity index (χ0) is 25.3. The molecule has 0 saturated heterocycles. The van der Waals surface area contributed by atoms with Crippen molar-refractivity contribution in [2.45, 2.75) is 57.4 Å². The van der Waals surface area contributed by atoms with E-state index in [1.165, 1.54) is 18.2 Å². The molecule has 0 bridgehead atoms. The van der Waals surface area contributed by atoms with E-state index in [0.29, 0.717) is 12.0 Å². The second-order valence-corrected chi connectivity index (χ2v) is 8.19. The van der Waals surface area contributed by atoms with Crippen LogP contribution >= 0.6 is 11.6 Å². The Kier molecular flexibility index (Phi) is 10.2. The number of carbonyl (C=O) groups excluding carboxylic acids is 1. The first kappa shape index (κ1) is 27.5. The number of aliphatic hydroxyl groups excluding tert-OH is 1. The molecule has 0 fully saturated rings. The molecular formula is C24H27ClF3NO5. The summed E-state index contributed by atoms with van der Waals surface area (Å²) in [7, 11) is 0. The lowest BCUT2D eigenvalue weighted by molar-refractivity contribution is -0.146. The zero-order valence-electron chi connectivity index (χ0n) is 18.6. The molecule has 6 nitrogen and oxygen atoms in total. The van der Waals surface area contributed by atoms with Gasteiger partial charge in [-0.25, -0.2) is 4.79 Å². The van der Waals surface area contributed by atoms with E-state index in [2.05, 4.69) is 12.2 Å². The van der Waals surface area contributed by atoms with Gasteiger partial charge in [-0.05, 0) is 48.7 Å². The lowest BCUT2D eigenvalue weighted by atomic mass is 10.0. The largest absolute Gasteiger partial charge is 0.486 e. The Morgan fingerprint density at radius 2 is 1.76 bits per heavy atom. The zero-order valence-corrected chi connectivity index (χ0v) is 19.3. The number of ether oxygens (including phenoxy) is 1. The number of nitrogens with one attached hydrogen (secondary N) is 1. The van der Waals surface area contributed by atoms with E-state index in [4.69, 9.17) is 21.4 Å². The molecule has 34 heavy (non-hydrogen) atoms. The fraction of sp³-hybridized carbons (Fsp3) is 0.417. The molecule has 2 rings (SSSR count). The van der Waals surface area contributed by atoms with Crippen molar-refractivity contribution >= 4 is 23.5 Å². The first-order chi connectivity index (χ1) is 16.0. The van der Waals surface area contributed by atoms with Crippen LogP contribution in [0.1, 0.15) is 66.6 Å². The first-order valence-electron chi connectivity index (χ1n) is 10.8. The van der Waals surface area contributed by atoms with Crippen molar-refractivity contribution in [2.24, 2.45) is 0 Å². The second kappa shape index (κ2) is 12.6. The molecule has 0 aliphatic heterocycles. The van der Waals surface area contributed by atoms with Gasteiger partial charge in [0.05, 0.1) is 17.1 Å². The predicted octanol–water partition coefficient (Wildman–Crippen LogP) is 5.62. The van der Waals surface area contributed by atoms with Gasteiger partial charge in [0.15, 0.2) is 6.10 Å². The Morgan fingerprint density at radius 3 is 2.35 bits per heavy atom. The van der Waals surface area contributed by atoms with Crippen LogP contribution in [-0.4, -0.2) is 34.7 Å². The normalized spacial score (nSPS) is 13.2. The number of amides is 1. The minimum Gasteiger partial charge on any atom is -0.486 e. The standard InChI is InChI=1S/C24H27ClF3NO5/c1-2-3-4-5-6-21(34-17-11-12-19(25)18(13-17)24(26,27)28)15-7-9-16(10-8-15)22(31)29-14-20(30)23(32)33/h7-13,20-21,30H,2-6,14H2,1H3,(H,29,31)(H,32,33)/t20-,21?/m1/s1. The molecule has 2 atom stereocenters. The van der Waals surface area contributed by atoms with Gasteiger partial charge in [-0.1, -0.05) is 49.9 Å². The molecule has 10 heteroatoms. The van der Waals surface area contributed by atoms with E-state index in [9.17, 15) is 27.9 Å². The first-order valence-corrected chi connectivity index (χ1v) is 11.2. The quantitative estimate of drug-likeness (QED) is 0.328. The van der Waals surface area contributed by atoms with Gasteiger partial charge in [-0.15, -0.1) is 0 Å². The summed E-state index contributed by atoms with van der Waals surface area (Å²) in [6.45, 7) is 1.62. The molecule has 2 aromatic rings. The molecule has 186 valence electrons. The molecule has 0 radical (unpaired) electrons. The third-order valence-corrected chi connectivity index (χ3v) is 5.46. The van der Waals surface area contributed by atoms with Gasteiger partial charge >= 0.3 is 12.1 Å². The Bertz CT molecular complexity index is 966. The highest BCUT2D eigenvalue weighted by Gasteiger charge is 2.33. The van der Waals surface area contributed by atoms with Crippen molar-refractivity contribution in [1.29, 1.82) is 0 Å². The lowest BCUT2D eigenvalue weighted by Crippen LogP contribution is -2.36. The number of rotatable bonds is 12. The summed E-state index contributed by atoms with van der Waals surface area (Å²) in [5, 5.41) is 19.9. The molecule has 0 aromatic heterocycles. The summed E-state index contributed by atoms with van der Waals surface area (Å²) < 4.78 is 45.6. The number of aliphatic carboxylic acids is 1. The summed E-state index contributed by atoms with van der Waals surface area (Å²) in [5.74, 6) is -1.99. The maximum atomic E-state index is 13.2. The monoisotopic (exact) mass is 501 g/mol. The van der Waals surface area contributed by atoms with Crippen LogP contribution < -0.4 is 10.1 Å². The van der Waals surface area contributed by atoms with Crippen LogP contribution in [0.25, 0.3) is 0 Å². The van der Waals surface area contributed by atoms with Gasteiger partial charge in [0, 0.05) is 5.56 Å². The van der Waals surface area contributed by atoms with Crippen molar-refractivity contribution in [3.8, 4) is 5.75 Å². The predicted molar refractivity (Wildman–Crippen MR) is 121 cm³/mol. The van der Waals surface area contributed by atoms with Crippen molar-refractivity contribution in [3.05, 3.63) is 64.2 Å². The number of halogens is 4. The minimum atomic E-state index is -4.61. The van der Waals surface area contributed by atoms with Gasteiger partial charge in [0.1, 0.15) is 11.9 Å². The van der Waals surface area contributed by atoms with Gasteiger partial charge in [0.2, 0.25) is 0 Å². The van der Waals surface area contributed by atoms with Crippen molar-refractivity contribution < 1.29 is 37.7 Å². The highest BCUT2D eigenvalue weighted by molar-refractivity contribution is 6.31. The SMILES string of the molecule is CCCCCCC(Oc1ccc(Cl)c(C(F)(F)F)c1)c1ccc(C(=O)NC[C@@H](O)C(=O)O)cc1. The number of unbranched alkanes of at least 4 members (excludes halogenated alkanes) is 3. The van der Waals surface area contributed by atoms with E-state index in [1.807, 2.05) is 0 Å². The van der Waals surface area contributed by atoms with Crippen LogP contribution in [0, 0.1) is 0 Å². The number of benzene rings is 2. The molecule has 2 aromatic carbocycles. The summed E-state index contributed by atoms with van der Waals surface area (Å²) in [4.78, 5) is 22.8. The molecular weight excluding hydrogens is 475 g/mol. The Balaban J connectivity index is 2.19. The van der Waals surface area contributed by atoms with Crippen molar-refractivity contribution in [2.75, 3.05) is 6.54 Å². The number of carbonyl (C=O) groups is 2. The van der Waals surface area contributed by atoms with Crippen molar-refractivity contribution in [1.82, 2.24) is 5.32 Å². The van der Waals surface area contributed by atoms with E-state index in [1.54, 1.807) is 12.1 Å². The topological polar surface area (TPSA) is 95.9 Å². The van der Waals surface area contributed by atoms with Crippen LogP contribution in [-0.2, 0) is 11.0 Å². The second-order valence-electron chi connectivity index (χ2n) is 7.78. The van der Waals surface area contributed by atoms with Crippen LogP contribution in [0.5, 0.6) is 5.75 Å². The third kappa shape index (κ3) is 8.22. The van der Waals surface area contributed by atoms with E-state index >= 15 is 0 Å². The number of alkyl halides is 3. The molecule has 1 unspecified atom stereocenters. The van der Waals surface area contributed by atoms with E-state index in [-0.39, 0.29) is 11.3 Å².